The number of amides is 1. The Kier molecular flexibility index (Phi) is 5.30. The van der Waals surface area contributed by atoms with Crippen LogP contribution in [0.15, 0.2) is 0 Å². The van der Waals surface area contributed by atoms with Crippen molar-refractivity contribution < 1.29 is 23.1 Å². The number of nitrogens with one attached hydrogen (secondary N) is 1. The maximum atomic E-state index is 11.8. The zero-order valence-corrected chi connectivity index (χ0v) is 11.9. The van der Waals surface area contributed by atoms with E-state index in [-0.39, 0.29) is 18.2 Å². The third-order valence-electron chi connectivity index (χ3n) is 3.39. The molecule has 0 aromatic carbocycles. The van der Waals surface area contributed by atoms with Crippen LogP contribution < -0.4 is 5.32 Å². The fourth-order valence-corrected chi connectivity index (χ4v) is 2.91. The Balaban J connectivity index is 2.46. The third-order valence-corrected chi connectivity index (χ3v) is 5.22. The highest BCUT2D eigenvalue weighted by atomic mass is 32.2. The molecule has 0 aliphatic heterocycles. The fraction of sp³-hybridized carbons (Fsp3) is 0.818. The Labute approximate surface area is 113 Å². The van der Waals surface area contributed by atoms with Crippen LogP contribution >= 0.6 is 0 Å². The summed E-state index contributed by atoms with van der Waals surface area (Å²) >= 11 is 0. The van der Waals surface area contributed by atoms with E-state index in [1.165, 1.54) is 14.1 Å². The van der Waals surface area contributed by atoms with E-state index in [0.717, 1.165) is 4.31 Å². The first kappa shape index (κ1) is 15.9. The molecule has 0 radical (unpaired) electrons. The van der Waals surface area contributed by atoms with E-state index in [4.69, 9.17) is 5.11 Å². The monoisotopic (exact) mass is 292 g/mol. The van der Waals surface area contributed by atoms with Crippen molar-refractivity contribution in [1.82, 2.24) is 9.62 Å². The summed E-state index contributed by atoms with van der Waals surface area (Å²) in [4.78, 5) is 22.8. The summed E-state index contributed by atoms with van der Waals surface area (Å²) in [6.07, 6.45) is 1.76. The Morgan fingerprint density at radius 3 is 2.37 bits per heavy atom. The number of hydrogen-bond acceptors (Lipinski definition) is 4. The summed E-state index contributed by atoms with van der Waals surface area (Å²) in [5, 5.41) is 11.5. The van der Waals surface area contributed by atoms with Crippen molar-refractivity contribution in [2.75, 3.05) is 26.4 Å². The van der Waals surface area contributed by atoms with E-state index in [1.54, 1.807) is 0 Å². The summed E-state index contributed by atoms with van der Waals surface area (Å²) in [7, 11) is -0.495. The summed E-state index contributed by atoms with van der Waals surface area (Å²) < 4.78 is 24.1. The molecule has 8 heteroatoms. The molecule has 1 amide bonds. The molecule has 1 saturated carbocycles. The molecule has 1 rings (SSSR count). The highest BCUT2D eigenvalue weighted by Gasteiger charge is 2.37. The first-order chi connectivity index (χ1) is 8.75. The van der Waals surface area contributed by atoms with Gasteiger partial charge < -0.3 is 10.4 Å². The number of carbonyl (C=O) groups excluding carboxylic acids is 1. The lowest BCUT2D eigenvalue weighted by Crippen LogP contribution is -2.39. The molecular formula is C11H20N2O5S. The van der Waals surface area contributed by atoms with E-state index in [2.05, 4.69) is 5.32 Å². The molecule has 1 fully saturated rings. The largest absolute Gasteiger partial charge is 0.481 e. The summed E-state index contributed by atoms with van der Waals surface area (Å²) in [6.45, 7) is 0.00217. The van der Waals surface area contributed by atoms with E-state index in [0.29, 0.717) is 19.3 Å². The van der Waals surface area contributed by atoms with Gasteiger partial charge in [0.2, 0.25) is 15.9 Å². The fourth-order valence-electron chi connectivity index (χ4n) is 2.19. The maximum absolute atomic E-state index is 11.8. The second-order valence-corrected chi connectivity index (χ2v) is 7.17. The van der Waals surface area contributed by atoms with Gasteiger partial charge in [-0.1, -0.05) is 6.42 Å². The molecule has 1 aliphatic rings. The van der Waals surface area contributed by atoms with Crippen molar-refractivity contribution in [3.05, 3.63) is 0 Å². The number of sulfonamides is 1. The Bertz CT molecular complexity index is 446. The maximum Gasteiger partial charge on any atom is 0.307 e. The quantitative estimate of drug-likeness (QED) is 0.686. The van der Waals surface area contributed by atoms with E-state index >= 15 is 0 Å². The number of rotatable bonds is 6. The Hall–Kier alpha value is -1.15. The van der Waals surface area contributed by atoms with Gasteiger partial charge in [0.25, 0.3) is 0 Å². The summed E-state index contributed by atoms with van der Waals surface area (Å²) in [5.41, 5.74) is 0. The third kappa shape index (κ3) is 4.17. The van der Waals surface area contributed by atoms with Gasteiger partial charge in [-0.15, -0.1) is 0 Å². The van der Waals surface area contributed by atoms with Crippen molar-refractivity contribution in [2.45, 2.75) is 19.3 Å². The van der Waals surface area contributed by atoms with Crippen LogP contribution in [0.3, 0.4) is 0 Å². The molecule has 0 unspecified atom stereocenters. The highest BCUT2D eigenvalue weighted by molar-refractivity contribution is 7.89. The van der Waals surface area contributed by atoms with Crippen LogP contribution in [0, 0.1) is 11.8 Å². The van der Waals surface area contributed by atoms with Gasteiger partial charge in [0.05, 0.1) is 17.6 Å². The predicted molar refractivity (Wildman–Crippen MR) is 69.0 cm³/mol. The van der Waals surface area contributed by atoms with Gasteiger partial charge in [0.1, 0.15) is 0 Å². The summed E-state index contributed by atoms with van der Waals surface area (Å²) in [5.74, 6) is -2.70. The highest BCUT2D eigenvalue weighted by Crippen LogP contribution is 2.31. The minimum atomic E-state index is -3.34. The lowest BCUT2D eigenvalue weighted by atomic mass is 9.95. The Morgan fingerprint density at radius 2 is 1.84 bits per heavy atom. The number of carboxylic acid groups (broad SMARTS) is 1. The van der Waals surface area contributed by atoms with Crippen LogP contribution in [-0.4, -0.2) is 56.1 Å². The van der Waals surface area contributed by atoms with Crippen molar-refractivity contribution in [1.29, 1.82) is 0 Å². The molecule has 0 saturated heterocycles. The topological polar surface area (TPSA) is 104 Å². The summed E-state index contributed by atoms with van der Waals surface area (Å²) in [6, 6.07) is 0. The lowest BCUT2D eigenvalue weighted by Gasteiger charge is -2.16. The molecule has 19 heavy (non-hydrogen) atoms. The molecule has 0 heterocycles. The van der Waals surface area contributed by atoms with Crippen LogP contribution in [0.1, 0.15) is 19.3 Å². The van der Waals surface area contributed by atoms with Gasteiger partial charge in [-0.2, -0.15) is 0 Å². The number of nitrogens with zero attached hydrogens (tertiary/aromatic N) is 1. The average molecular weight is 292 g/mol. The van der Waals surface area contributed by atoms with E-state index < -0.39 is 27.8 Å². The molecular weight excluding hydrogens is 272 g/mol. The smallest absolute Gasteiger partial charge is 0.307 e. The average Bonchev–Trinajstić information content (AvgIpc) is 2.77. The van der Waals surface area contributed by atoms with Gasteiger partial charge in [0.15, 0.2) is 0 Å². The minimum absolute atomic E-state index is 0.00217. The number of aliphatic carboxylic acids is 1. The first-order valence-electron chi connectivity index (χ1n) is 6.16. The molecule has 0 bridgehead atoms. The SMILES string of the molecule is CN(C)S(=O)(=O)CCNC(=O)[C@@H]1CCC[C@@H]1C(=O)O. The van der Waals surface area contributed by atoms with Crippen LogP contribution in [0.2, 0.25) is 0 Å². The van der Waals surface area contributed by atoms with Crippen molar-refractivity contribution in [3.8, 4) is 0 Å². The molecule has 2 atom stereocenters. The number of hydrogen-bond donors (Lipinski definition) is 2. The lowest BCUT2D eigenvalue weighted by molar-refractivity contribution is -0.146. The number of carboxylic acids is 1. The molecule has 2 N–H and O–H groups in total. The molecule has 110 valence electrons. The van der Waals surface area contributed by atoms with Gasteiger partial charge >= 0.3 is 5.97 Å². The van der Waals surface area contributed by atoms with Crippen molar-refractivity contribution in [3.63, 3.8) is 0 Å². The molecule has 1 aliphatic carbocycles. The predicted octanol–water partition coefficient (Wildman–Crippen LogP) is -0.505. The molecule has 0 aromatic heterocycles. The van der Waals surface area contributed by atoms with Gasteiger partial charge in [-0.05, 0) is 12.8 Å². The minimum Gasteiger partial charge on any atom is -0.481 e. The molecule has 7 nitrogen and oxygen atoms in total. The van der Waals surface area contributed by atoms with E-state index in [9.17, 15) is 18.0 Å². The number of carbonyl (C=O) groups is 2. The molecule has 0 aromatic rings. The Morgan fingerprint density at radius 1 is 1.26 bits per heavy atom. The second-order valence-electron chi connectivity index (χ2n) is 4.87. The zero-order chi connectivity index (χ0) is 14.6. The van der Waals surface area contributed by atoms with Crippen LogP contribution in [0.5, 0.6) is 0 Å². The van der Waals surface area contributed by atoms with E-state index in [1.807, 2.05) is 0 Å². The van der Waals surface area contributed by atoms with Crippen molar-refractivity contribution in [2.24, 2.45) is 11.8 Å². The van der Waals surface area contributed by atoms with Gasteiger partial charge in [-0.25, -0.2) is 12.7 Å². The van der Waals surface area contributed by atoms with Crippen molar-refractivity contribution >= 4 is 21.9 Å². The van der Waals surface area contributed by atoms with Gasteiger partial charge in [-0.3, -0.25) is 9.59 Å². The van der Waals surface area contributed by atoms with Crippen LogP contribution in [-0.2, 0) is 19.6 Å². The van der Waals surface area contributed by atoms with Gasteiger partial charge in [0, 0.05) is 20.6 Å². The standard InChI is InChI=1S/C11H20N2O5S/c1-13(2)19(17,18)7-6-12-10(14)8-4-3-5-9(8)11(15)16/h8-9H,3-7H2,1-2H3,(H,12,14)(H,15,16)/t8-,9+/m1/s1. The zero-order valence-electron chi connectivity index (χ0n) is 11.1. The second kappa shape index (κ2) is 6.33. The molecule has 0 spiro atoms. The van der Waals surface area contributed by atoms with Crippen LogP contribution in [0.25, 0.3) is 0 Å². The normalized spacial score (nSPS) is 23.5. The van der Waals surface area contributed by atoms with Crippen LogP contribution in [0.4, 0.5) is 0 Å². The first-order valence-corrected chi connectivity index (χ1v) is 7.77.